The molecule has 0 aromatic carbocycles. The van der Waals surface area contributed by atoms with Gasteiger partial charge in [0.2, 0.25) is 5.91 Å². The Morgan fingerprint density at radius 3 is 2.81 bits per heavy atom. The van der Waals surface area contributed by atoms with Gasteiger partial charge < -0.3 is 14.7 Å². The summed E-state index contributed by atoms with van der Waals surface area (Å²) in [6.07, 6.45) is 1.74. The molecule has 0 aliphatic carbocycles. The van der Waals surface area contributed by atoms with Crippen molar-refractivity contribution in [1.29, 1.82) is 0 Å². The molecular weight excluding hydrogens is 226 g/mol. The van der Waals surface area contributed by atoms with Crippen LogP contribution in [-0.4, -0.2) is 59.8 Å². The van der Waals surface area contributed by atoms with Crippen molar-refractivity contribution in [1.82, 2.24) is 4.90 Å². The van der Waals surface area contributed by atoms with Gasteiger partial charge in [-0.2, -0.15) is 0 Å². The molecular formula is C11H21NO3S. The number of hydrogen-bond acceptors (Lipinski definition) is 4. The van der Waals surface area contributed by atoms with E-state index in [2.05, 4.69) is 0 Å². The van der Waals surface area contributed by atoms with Gasteiger partial charge in [0.1, 0.15) is 0 Å². The van der Waals surface area contributed by atoms with Gasteiger partial charge in [-0.3, -0.25) is 4.79 Å². The average molecular weight is 247 g/mol. The summed E-state index contributed by atoms with van der Waals surface area (Å²) in [5, 5.41) is 9.92. The number of aliphatic hydroxyl groups is 1. The number of rotatable bonds is 7. The van der Waals surface area contributed by atoms with Crippen LogP contribution in [0.15, 0.2) is 0 Å². The Bertz CT molecular complexity index is 229. The Balaban J connectivity index is 2.12. The molecule has 5 heteroatoms. The van der Waals surface area contributed by atoms with Crippen molar-refractivity contribution >= 4 is 17.7 Å². The summed E-state index contributed by atoms with van der Waals surface area (Å²) in [6, 6.07) is 0. The molecule has 0 saturated carbocycles. The highest BCUT2D eigenvalue weighted by Crippen LogP contribution is 2.26. The lowest BCUT2D eigenvalue weighted by molar-refractivity contribution is -0.153. The molecule has 0 bridgehead atoms. The third-order valence-corrected chi connectivity index (χ3v) is 3.60. The molecule has 1 amide bonds. The fourth-order valence-electron chi connectivity index (χ4n) is 1.86. The zero-order chi connectivity index (χ0) is 12.0. The van der Waals surface area contributed by atoms with E-state index in [0.29, 0.717) is 25.4 Å². The topological polar surface area (TPSA) is 49.8 Å². The monoisotopic (exact) mass is 247 g/mol. The van der Waals surface area contributed by atoms with Gasteiger partial charge in [-0.1, -0.05) is 13.3 Å². The van der Waals surface area contributed by atoms with E-state index in [9.17, 15) is 9.90 Å². The van der Waals surface area contributed by atoms with Crippen LogP contribution in [0.4, 0.5) is 0 Å². The Morgan fingerprint density at radius 2 is 2.25 bits per heavy atom. The molecule has 16 heavy (non-hydrogen) atoms. The number of methoxy groups -OCH3 is 1. The third-order valence-electron chi connectivity index (χ3n) is 2.70. The first-order chi connectivity index (χ1) is 7.61. The Kier molecular flexibility index (Phi) is 5.58. The maximum atomic E-state index is 11.6. The maximum Gasteiger partial charge on any atom is 0.232 e. The predicted molar refractivity (Wildman–Crippen MR) is 65.6 cm³/mol. The molecule has 1 N–H and O–H groups in total. The zero-order valence-corrected chi connectivity index (χ0v) is 10.9. The molecule has 94 valence electrons. The highest BCUT2D eigenvalue weighted by atomic mass is 32.2. The van der Waals surface area contributed by atoms with Gasteiger partial charge >= 0.3 is 0 Å². The van der Waals surface area contributed by atoms with Crippen LogP contribution in [0.5, 0.6) is 0 Å². The number of hydrogen-bond donors (Lipinski definition) is 1. The lowest BCUT2D eigenvalue weighted by atomic mass is 9.89. The van der Waals surface area contributed by atoms with E-state index in [0.717, 1.165) is 18.6 Å². The van der Waals surface area contributed by atoms with Gasteiger partial charge in [-0.05, 0) is 6.42 Å². The number of carbonyl (C=O) groups excluding carboxylic acids is 1. The van der Waals surface area contributed by atoms with Crippen LogP contribution in [0.1, 0.15) is 19.8 Å². The van der Waals surface area contributed by atoms with E-state index >= 15 is 0 Å². The smallest absolute Gasteiger partial charge is 0.232 e. The van der Waals surface area contributed by atoms with Crippen LogP contribution in [0.3, 0.4) is 0 Å². The van der Waals surface area contributed by atoms with Crippen molar-refractivity contribution < 1.29 is 14.6 Å². The number of amides is 1. The van der Waals surface area contributed by atoms with Crippen molar-refractivity contribution in [3.05, 3.63) is 0 Å². The van der Waals surface area contributed by atoms with Crippen molar-refractivity contribution in [2.75, 3.05) is 38.3 Å². The Hall–Kier alpha value is -0.260. The van der Waals surface area contributed by atoms with Crippen LogP contribution < -0.4 is 0 Å². The number of carbonyl (C=O) groups is 1. The van der Waals surface area contributed by atoms with Crippen LogP contribution in [0, 0.1) is 0 Å². The van der Waals surface area contributed by atoms with E-state index in [1.807, 2.05) is 6.92 Å². The lowest BCUT2D eigenvalue weighted by Crippen LogP contribution is -2.63. The van der Waals surface area contributed by atoms with Crippen LogP contribution in [0.2, 0.25) is 0 Å². The largest absolute Gasteiger partial charge is 0.386 e. The van der Waals surface area contributed by atoms with E-state index in [1.54, 1.807) is 23.8 Å². The van der Waals surface area contributed by atoms with Crippen molar-refractivity contribution in [3.8, 4) is 0 Å². The molecule has 4 nitrogen and oxygen atoms in total. The number of nitrogens with zero attached hydrogens (tertiary/aromatic N) is 1. The standard InChI is InChI=1S/C11H21NO3S/c1-3-4-11(14)8-12(9-11)10(13)7-16-6-5-15-2/h14H,3-9H2,1-2H3. The molecule has 1 aliphatic rings. The highest BCUT2D eigenvalue weighted by molar-refractivity contribution is 7.99. The average Bonchev–Trinajstić information content (AvgIpc) is 2.21. The molecule has 1 aliphatic heterocycles. The van der Waals surface area contributed by atoms with Crippen molar-refractivity contribution in [2.45, 2.75) is 25.4 Å². The second kappa shape index (κ2) is 6.47. The zero-order valence-electron chi connectivity index (χ0n) is 10.1. The molecule has 0 spiro atoms. The summed E-state index contributed by atoms with van der Waals surface area (Å²) in [6.45, 7) is 3.73. The van der Waals surface area contributed by atoms with Gasteiger partial charge in [-0.25, -0.2) is 0 Å². The minimum atomic E-state index is -0.610. The SMILES string of the molecule is CCCC1(O)CN(C(=O)CSCCOC)C1. The number of ether oxygens (including phenoxy) is 1. The lowest BCUT2D eigenvalue weighted by Gasteiger charge is -2.46. The first-order valence-electron chi connectivity index (χ1n) is 5.68. The number of thioether (sulfide) groups is 1. The van der Waals surface area contributed by atoms with Gasteiger partial charge in [0.05, 0.1) is 31.1 Å². The summed E-state index contributed by atoms with van der Waals surface area (Å²) in [4.78, 5) is 13.4. The summed E-state index contributed by atoms with van der Waals surface area (Å²) < 4.78 is 4.90. The summed E-state index contributed by atoms with van der Waals surface area (Å²) >= 11 is 1.58. The summed E-state index contributed by atoms with van der Waals surface area (Å²) in [7, 11) is 1.66. The molecule has 0 unspecified atom stereocenters. The second-order valence-corrected chi connectivity index (χ2v) is 5.37. The molecule has 0 aromatic rings. The third kappa shape index (κ3) is 3.96. The second-order valence-electron chi connectivity index (χ2n) is 4.27. The quantitative estimate of drug-likeness (QED) is 0.674. The Labute approximate surface area is 101 Å². The predicted octanol–water partition coefficient (Wildman–Crippen LogP) is 0.739. The van der Waals surface area contributed by atoms with E-state index in [4.69, 9.17) is 4.74 Å². The van der Waals surface area contributed by atoms with Crippen LogP contribution in [0.25, 0.3) is 0 Å². The van der Waals surface area contributed by atoms with E-state index in [-0.39, 0.29) is 5.91 Å². The van der Waals surface area contributed by atoms with Gasteiger partial charge in [0.15, 0.2) is 0 Å². The summed E-state index contributed by atoms with van der Waals surface area (Å²) in [5.74, 6) is 1.46. The first-order valence-corrected chi connectivity index (χ1v) is 6.83. The van der Waals surface area contributed by atoms with E-state index < -0.39 is 5.60 Å². The fourth-order valence-corrected chi connectivity index (χ4v) is 2.64. The number of β-amino-alcohol motifs (C(OH)–C–C–N with tert-alkyl or cyclic N) is 1. The Morgan fingerprint density at radius 1 is 1.56 bits per heavy atom. The van der Waals surface area contributed by atoms with Crippen LogP contribution in [-0.2, 0) is 9.53 Å². The molecule has 1 heterocycles. The van der Waals surface area contributed by atoms with Crippen molar-refractivity contribution in [2.24, 2.45) is 0 Å². The maximum absolute atomic E-state index is 11.6. The van der Waals surface area contributed by atoms with Gasteiger partial charge in [0.25, 0.3) is 0 Å². The molecule has 0 atom stereocenters. The van der Waals surface area contributed by atoms with Gasteiger partial charge in [0, 0.05) is 12.9 Å². The molecule has 0 radical (unpaired) electrons. The summed E-state index contributed by atoms with van der Waals surface area (Å²) in [5.41, 5.74) is -0.610. The van der Waals surface area contributed by atoms with Gasteiger partial charge in [-0.15, -0.1) is 11.8 Å². The molecule has 1 fully saturated rings. The first kappa shape index (κ1) is 13.8. The normalized spacial score (nSPS) is 18.3. The molecule has 1 rings (SSSR count). The molecule has 1 saturated heterocycles. The van der Waals surface area contributed by atoms with Crippen LogP contribution >= 0.6 is 11.8 Å². The van der Waals surface area contributed by atoms with E-state index in [1.165, 1.54) is 0 Å². The minimum absolute atomic E-state index is 0.127. The number of likely N-dealkylation sites (tertiary alicyclic amines) is 1. The minimum Gasteiger partial charge on any atom is -0.386 e. The highest BCUT2D eigenvalue weighted by Gasteiger charge is 2.42. The fraction of sp³-hybridized carbons (Fsp3) is 0.909. The van der Waals surface area contributed by atoms with Crippen molar-refractivity contribution in [3.63, 3.8) is 0 Å². The molecule has 0 aromatic heterocycles.